The lowest BCUT2D eigenvalue weighted by Crippen LogP contribution is -2.38. The molecular weight excluding hydrogens is 284 g/mol. The highest BCUT2D eigenvalue weighted by Gasteiger charge is 2.29. The summed E-state index contributed by atoms with van der Waals surface area (Å²) in [6.07, 6.45) is 0.910. The number of methoxy groups -OCH3 is 1. The molecule has 110 valence electrons. The first-order valence-corrected chi connectivity index (χ1v) is 7.80. The second-order valence-electron chi connectivity index (χ2n) is 5.18. The number of thiophene rings is 1. The van der Waals surface area contributed by atoms with Gasteiger partial charge in [0.2, 0.25) is 0 Å². The van der Waals surface area contributed by atoms with E-state index in [0.29, 0.717) is 17.0 Å². The lowest BCUT2D eigenvalue weighted by atomic mass is 10.00. The summed E-state index contributed by atoms with van der Waals surface area (Å²) < 4.78 is 5.19. The van der Waals surface area contributed by atoms with Crippen molar-refractivity contribution in [1.29, 1.82) is 0 Å². The number of hydrogen-bond acceptors (Lipinski definition) is 4. The van der Waals surface area contributed by atoms with Crippen molar-refractivity contribution in [1.82, 2.24) is 4.90 Å². The number of nitrogens with two attached hydrogens (primary N) is 1. The average Bonchev–Trinajstić information content (AvgIpc) is 2.97. The second-order valence-corrected chi connectivity index (χ2v) is 6.18. The van der Waals surface area contributed by atoms with Crippen molar-refractivity contribution in [3.05, 3.63) is 45.6 Å². The fraction of sp³-hybridized carbons (Fsp3) is 0.312. The van der Waals surface area contributed by atoms with E-state index in [9.17, 15) is 4.79 Å². The summed E-state index contributed by atoms with van der Waals surface area (Å²) in [4.78, 5) is 16.1. The first-order valence-electron chi connectivity index (χ1n) is 6.92. The van der Waals surface area contributed by atoms with E-state index in [1.165, 1.54) is 10.4 Å². The smallest absolute Gasteiger partial charge is 0.256 e. The van der Waals surface area contributed by atoms with Crippen LogP contribution in [0.15, 0.2) is 29.6 Å². The number of anilines is 1. The Morgan fingerprint density at radius 2 is 2.24 bits per heavy atom. The molecular formula is C16H18N2O2S. The SMILES string of the molecule is COc1ccc(N)c(C(=O)N2CCc3sccc3C2C)c1. The van der Waals surface area contributed by atoms with E-state index < -0.39 is 0 Å². The Balaban J connectivity index is 1.93. The molecule has 5 heteroatoms. The van der Waals surface area contributed by atoms with Crippen LogP contribution in [0.1, 0.15) is 33.8 Å². The van der Waals surface area contributed by atoms with Crippen LogP contribution in [-0.2, 0) is 6.42 Å². The van der Waals surface area contributed by atoms with Gasteiger partial charge in [-0.05, 0) is 48.6 Å². The van der Waals surface area contributed by atoms with Crippen LogP contribution < -0.4 is 10.5 Å². The van der Waals surface area contributed by atoms with Crippen LogP contribution in [0, 0.1) is 0 Å². The van der Waals surface area contributed by atoms with E-state index in [0.717, 1.165) is 13.0 Å². The van der Waals surface area contributed by atoms with E-state index in [1.807, 2.05) is 4.90 Å². The molecule has 1 atom stereocenters. The number of carbonyl (C=O) groups excluding carboxylic acids is 1. The lowest BCUT2D eigenvalue weighted by molar-refractivity contribution is 0.0680. The maximum Gasteiger partial charge on any atom is 0.256 e. The number of hydrogen-bond donors (Lipinski definition) is 1. The monoisotopic (exact) mass is 302 g/mol. The van der Waals surface area contributed by atoms with E-state index >= 15 is 0 Å². The molecule has 2 aromatic rings. The predicted molar refractivity (Wildman–Crippen MR) is 84.9 cm³/mol. The van der Waals surface area contributed by atoms with Crippen molar-refractivity contribution < 1.29 is 9.53 Å². The minimum absolute atomic E-state index is 0.0317. The van der Waals surface area contributed by atoms with Crippen molar-refractivity contribution in [3.63, 3.8) is 0 Å². The van der Waals surface area contributed by atoms with Gasteiger partial charge in [0, 0.05) is 17.1 Å². The Hall–Kier alpha value is -2.01. The second kappa shape index (κ2) is 5.41. The Morgan fingerprint density at radius 1 is 1.43 bits per heavy atom. The third-order valence-electron chi connectivity index (χ3n) is 4.03. The highest BCUT2D eigenvalue weighted by atomic mass is 32.1. The number of ether oxygens (including phenoxy) is 1. The molecule has 0 saturated carbocycles. The molecule has 2 heterocycles. The molecule has 21 heavy (non-hydrogen) atoms. The van der Waals surface area contributed by atoms with E-state index in [4.69, 9.17) is 10.5 Å². The number of nitrogens with zero attached hydrogens (tertiary/aromatic N) is 1. The van der Waals surface area contributed by atoms with Crippen LogP contribution in [0.5, 0.6) is 5.75 Å². The molecule has 4 nitrogen and oxygen atoms in total. The summed E-state index contributed by atoms with van der Waals surface area (Å²) in [6, 6.07) is 7.39. The minimum atomic E-state index is -0.0317. The third kappa shape index (κ3) is 2.38. The Bertz CT molecular complexity index is 681. The first kappa shape index (κ1) is 13.9. The molecule has 0 aliphatic carbocycles. The van der Waals surface area contributed by atoms with Gasteiger partial charge in [0.25, 0.3) is 5.91 Å². The number of nitrogen functional groups attached to an aromatic ring is 1. The van der Waals surface area contributed by atoms with Gasteiger partial charge in [-0.1, -0.05) is 0 Å². The summed E-state index contributed by atoms with van der Waals surface area (Å²) in [5.74, 6) is 0.615. The van der Waals surface area contributed by atoms with E-state index in [2.05, 4.69) is 18.4 Å². The molecule has 0 radical (unpaired) electrons. The van der Waals surface area contributed by atoms with Gasteiger partial charge in [0.15, 0.2) is 0 Å². The maximum absolute atomic E-state index is 12.8. The molecule has 1 amide bonds. The normalized spacial score (nSPS) is 17.4. The molecule has 0 saturated heterocycles. The van der Waals surface area contributed by atoms with Gasteiger partial charge in [-0.25, -0.2) is 0 Å². The highest BCUT2D eigenvalue weighted by molar-refractivity contribution is 7.10. The number of amides is 1. The summed E-state index contributed by atoms with van der Waals surface area (Å²) in [7, 11) is 1.58. The zero-order valence-electron chi connectivity index (χ0n) is 12.1. The Morgan fingerprint density at radius 3 is 3.00 bits per heavy atom. The van der Waals surface area contributed by atoms with Gasteiger partial charge in [-0.3, -0.25) is 4.79 Å². The van der Waals surface area contributed by atoms with Crippen LogP contribution in [0.25, 0.3) is 0 Å². The van der Waals surface area contributed by atoms with Gasteiger partial charge < -0.3 is 15.4 Å². The number of rotatable bonds is 2. The maximum atomic E-state index is 12.8. The van der Waals surface area contributed by atoms with Gasteiger partial charge in [-0.15, -0.1) is 11.3 Å². The number of benzene rings is 1. The molecule has 3 rings (SSSR count). The van der Waals surface area contributed by atoms with Crippen molar-refractivity contribution in [2.45, 2.75) is 19.4 Å². The number of carbonyl (C=O) groups is 1. The molecule has 2 N–H and O–H groups in total. The van der Waals surface area contributed by atoms with Crippen molar-refractivity contribution in [2.75, 3.05) is 19.4 Å². The summed E-state index contributed by atoms with van der Waals surface area (Å²) in [6.45, 7) is 2.79. The highest BCUT2D eigenvalue weighted by Crippen LogP contribution is 2.34. The van der Waals surface area contributed by atoms with E-state index in [-0.39, 0.29) is 11.9 Å². The molecule has 0 spiro atoms. The lowest BCUT2D eigenvalue weighted by Gasteiger charge is -2.34. The van der Waals surface area contributed by atoms with Crippen LogP contribution in [0.3, 0.4) is 0 Å². The van der Waals surface area contributed by atoms with Crippen LogP contribution in [0.2, 0.25) is 0 Å². The molecule has 1 aliphatic rings. The van der Waals surface area contributed by atoms with Gasteiger partial charge >= 0.3 is 0 Å². The fourth-order valence-corrected chi connectivity index (χ4v) is 3.75. The van der Waals surface area contributed by atoms with Crippen LogP contribution in [-0.4, -0.2) is 24.5 Å². The van der Waals surface area contributed by atoms with Gasteiger partial charge in [-0.2, -0.15) is 0 Å². The van der Waals surface area contributed by atoms with Crippen molar-refractivity contribution in [3.8, 4) is 5.75 Å². The van der Waals surface area contributed by atoms with Gasteiger partial charge in [0.05, 0.1) is 18.7 Å². The molecule has 1 unspecified atom stereocenters. The number of fused-ring (bicyclic) bond motifs is 1. The molecule has 0 fully saturated rings. The summed E-state index contributed by atoms with van der Waals surface area (Å²) >= 11 is 1.77. The Labute approximate surface area is 128 Å². The van der Waals surface area contributed by atoms with Crippen molar-refractivity contribution in [2.24, 2.45) is 0 Å². The molecule has 0 bridgehead atoms. The standard InChI is InChI=1S/C16H18N2O2S/c1-10-12-6-8-21-15(12)5-7-18(10)16(19)13-9-11(20-2)3-4-14(13)17/h3-4,6,8-10H,5,7,17H2,1-2H3. The largest absolute Gasteiger partial charge is 0.497 e. The molecule has 1 aliphatic heterocycles. The molecule has 1 aromatic carbocycles. The zero-order chi connectivity index (χ0) is 15.0. The van der Waals surface area contributed by atoms with Crippen LogP contribution in [0.4, 0.5) is 5.69 Å². The predicted octanol–water partition coefficient (Wildman–Crippen LogP) is 3.10. The van der Waals surface area contributed by atoms with E-state index in [1.54, 1.807) is 36.6 Å². The van der Waals surface area contributed by atoms with Crippen molar-refractivity contribution >= 4 is 22.9 Å². The molecule has 1 aromatic heterocycles. The topological polar surface area (TPSA) is 55.6 Å². The fourth-order valence-electron chi connectivity index (χ4n) is 2.79. The zero-order valence-corrected chi connectivity index (χ0v) is 12.9. The van der Waals surface area contributed by atoms with Gasteiger partial charge in [0.1, 0.15) is 5.75 Å². The van der Waals surface area contributed by atoms with Crippen LogP contribution >= 0.6 is 11.3 Å². The summed E-state index contributed by atoms with van der Waals surface area (Å²) in [5.41, 5.74) is 8.23. The average molecular weight is 302 g/mol. The third-order valence-corrected chi connectivity index (χ3v) is 5.03. The summed E-state index contributed by atoms with van der Waals surface area (Å²) in [5, 5.41) is 2.09. The minimum Gasteiger partial charge on any atom is -0.497 e. The quantitative estimate of drug-likeness (QED) is 0.867. The Kier molecular flexibility index (Phi) is 3.59. The first-order chi connectivity index (χ1) is 10.1.